The number of benzene rings is 2. The van der Waals surface area contributed by atoms with E-state index in [0.717, 1.165) is 40.8 Å². The van der Waals surface area contributed by atoms with Crippen molar-refractivity contribution >= 4 is 23.8 Å². The van der Waals surface area contributed by atoms with Gasteiger partial charge in [0.1, 0.15) is 0 Å². The molecule has 0 saturated heterocycles. The van der Waals surface area contributed by atoms with Gasteiger partial charge in [-0.15, -0.1) is 0 Å². The molecule has 0 radical (unpaired) electrons. The smallest absolute Gasteiger partial charge is 0.151 e. The van der Waals surface area contributed by atoms with Crippen LogP contribution in [0.25, 0.3) is 0 Å². The molecular weight excluding hydrogens is 508 g/mol. The van der Waals surface area contributed by atoms with E-state index in [1.54, 1.807) is 37.2 Å². The molecule has 2 aromatic carbocycles. The number of imidazole rings is 2. The molecule has 0 atom stereocenters. The highest BCUT2D eigenvalue weighted by atomic mass is 15.1. The number of aliphatic imine (C=N–C) groups is 2. The van der Waals surface area contributed by atoms with E-state index in [-0.39, 0.29) is 0 Å². The summed E-state index contributed by atoms with van der Waals surface area (Å²) in [6, 6.07) is 28.4. The zero-order valence-corrected chi connectivity index (χ0v) is 22.4. The van der Waals surface area contributed by atoms with Crippen LogP contribution in [-0.2, 0) is 19.5 Å². The highest BCUT2D eigenvalue weighted by Crippen LogP contribution is 2.19. The van der Waals surface area contributed by atoms with Gasteiger partial charge in [0.2, 0.25) is 0 Å². The maximum atomic E-state index is 4.63. The Labute approximate surface area is 238 Å². The lowest BCUT2D eigenvalue weighted by Crippen LogP contribution is -2.04. The third kappa shape index (κ3) is 6.93. The number of rotatable bonds is 10. The number of hydrogen-bond donors (Lipinski definition) is 0. The quantitative estimate of drug-likeness (QED) is 0.199. The van der Waals surface area contributed by atoms with Crippen LogP contribution in [-0.4, -0.2) is 41.5 Å². The van der Waals surface area contributed by atoms with Crippen molar-refractivity contribution in [3.63, 3.8) is 0 Å². The molecule has 6 rings (SSSR count). The van der Waals surface area contributed by atoms with Crippen molar-refractivity contribution in [3.8, 4) is 0 Å². The van der Waals surface area contributed by atoms with E-state index >= 15 is 0 Å². The first-order valence-electron chi connectivity index (χ1n) is 13.4. The van der Waals surface area contributed by atoms with Crippen molar-refractivity contribution in [2.24, 2.45) is 9.98 Å². The van der Waals surface area contributed by atoms with E-state index in [9.17, 15) is 0 Å². The predicted molar refractivity (Wildman–Crippen MR) is 161 cm³/mol. The van der Waals surface area contributed by atoms with Crippen LogP contribution in [0, 0.1) is 0 Å². The molecule has 200 valence electrons. The molecule has 0 unspecified atom stereocenters. The third-order valence-corrected chi connectivity index (χ3v) is 6.55. The molecule has 0 spiro atoms. The molecule has 0 bridgehead atoms. The predicted octanol–water partition coefficient (Wildman–Crippen LogP) is 6.06. The molecule has 0 fully saturated rings. The van der Waals surface area contributed by atoms with Crippen LogP contribution in [0.1, 0.15) is 34.2 Å². The fourth-order valence-corrected chi connectivity index (χ4v) is 4.40. The SMILES string of the molecule is C(=N\c1ccc(Cc2ccc(/N=C/c3nccn3Cc3ccccn3)cc2)cc1)/c1nccn1Cc1ccccn1. The molecule has 6 aromatic rings. The molecule has 41 heavy (non-hydrogen) atoms. The fourth-order valence-electron chi connectivity index (χ4n) is 4.40. The van der Waals surface area contributed by atoms with E-state index in [1.807, 2.05) is 82.2 Å². The largest absolute Gasteiger partial charge is 0.324 e. The Kier molecular flexibility index (Phi) is 7.90. The van der Waals surface area contributed by atoms with Crippen LogP contribution in [0.5, 0.6) is 0 Å². The summed E-state index contributed by atoms with van der Waals surface area (Å²) in [5, 5.41) is 0. The van der Waals surface area contributed by atoms with E-state index in [4.69, 9.17) is 0 Å². The second kappa shape index (κ2) is 12.6. The van der Waals surface area contributed by atoms with Crippen LogP contribution in [0.15, 0.2) is 132 Å². The highest BCUT2D eigenvalue weighted by molar-refractivity contribution is 5.78. The van der Waals surface area contributed by atoms with Crippen LogP contribution in [0.2, 0.25) is 0 Å². The monoisotopic (exact) mass is 536 g/mol. The Morgan fingerprint density at radius 2 is 0.976 bits per heavy atom. The van der Waals surface area contributed by atoms with Gasteiger partial charge in [0.15, 0.2) is 11.6 Å². The van der Waals surface area contributed by atoms with E-state index < -0.39 is 0 Å². The molecule has 8 heteroatoms. The van der Waals surface area contributed by atoms with Crippen LogP contribution >= 0.6 is 0 Å². The summed E-state index contributed by atoms with van der Waals surface area (Å²) >= 11 is 0. The van der Waals surface area contributed by atoms with Gasteiger partial charge >= 0.3 is 0 Å². The molecule has 4 heterocycles. The summed E-state index contributed by atoms with van der Waals surface area (Å²) in [4.78, 5) is 26.9. The number of pyridine rings is 2. The van der Waals surface area contributed by atoms with Gasteiger partial charge in [0.25, 0.3) is 0 Å². The lowest BCUT2D eigenvalue weighted by atomic mass is 10.0. The summed E-state index contributed by atoms with van der Waals surface area (Å²) in [7, 11) is 0. The van der Waals surface area contributed by atoms with Crippen LogP contribution < -0.4 is 0 Å². The Bertz CT molecular complexity index is 1600. The average molecular weight is 537 g/mol. The van der Waals surface area contributed by atoms with Crippen molar-refractivity contribution in [2.75, 3.05) is 0 Å². The lowest BCUT2D eigenvalue weighted by Gasteiger charge is -2.05. The molecule has 0 aliphatic heterocycles. The Morgan fingerprint density at radius 3 is 1.39 bits per heavy atom. The van der Waals surface area contributed by atoms with Gasteiger partial charge in [-0.05, 0) is 66.1 Å². The molecule has 8 nitrogen and oxygen atoms in total. The maximum Gasteiger partial charge on any atom is 0.151 e. The Balaban J connectivity index is 1.04. The Hall–Kier alpha value is -5.50. The third-order valence-electron chi connectivity index (χ3n) is 6.55. The average Bonchev–Trinajstić information content (AvgIpc) is 3.66. The van der Waals surface area contributed by atoms with Gasteiger partial charge in [-0.3, -0.25) is 20.0 Å². The van der Waals surface area contributed by atoms with Crippen LogP contribution in [0.3, 0.4) is 0 Å². The van der Waals surface area contributed by atoms with Crippen molar-refractivity contribution in [1.29, 1.82) is 0 Å². The van der Waals surface area contributed by atoms with E-state index in [2.05, 4.69) is 54.2 Å². The standard InChI is InChI=1S/C33H28N8/c1-3-15-34-30(5-1)24-40-19-17-36-32(40)22-38-28-11-7-26(8-12-28)21-27-9-13-29(14-10-27)39-23-33-37-18-20-41(33)25-31-6-2-4-16-35-31/h1-20,22-23H,21,24-25H2/b38-22+,39-23+. The normalized spacial score (nSPS) is 11.5. The summed E-state index contributed by atoms with van der Waals surface area (Å²) in [5.74, 6) is 1.58. The maximum absolute atomic E-state index is 4.63. The minimum absolute atomic E-state index is 0.654. The van der Waals surface area contributed by atoms with Gasteiger partial charge in [-0.2, -0.15) is 0 Å². The lowest BCUT2D eigenvalue weighted by molar-refractivity contribution is 0.767. The molecule has 0 aliphatic carbocycles. The van der Waals surface area contributed by atoms with E-state index in [1.165, 1.54) is 11.1 Å². The minimum atomic E-state index is 0.654. The number of aromatic nitrogens is 6. The molecule has 0 aliphatic rings. The molecule has 0 saturated carbocycles. The van der Waals surface area contributed by atoms with E-state index in [0.29, 0.717) is 13.1 Å². The topological polar surface area (TPSA) is 86.1 Å². The Morgan fingerprint density at radius 1 is 0.512 bits per heavy atom. The molecular formula is C33H28N8. The van der Waals surface area contributed by atoms with Crippen molar-refractivity contribution in [1.82, 2.24) is 29.1 Å². The summed E-state index contributed by atoms with van der Waals surface area (Å²) < 4.78 is 4.06. The van der Waals surface area contributed by atoms with Gasteiger partial charge in [0.05, 0.1) is 48.3 Å². The first-order valence-corrected chi connectivity index (χ1v) is 13.4. The summed E-state index contributed by atoms with van der Waals surface area (Å²) in [6.45, 7) is 1.31. The van der Waals surface area contributed by atoms with Gasteiger partial charge in [-0.25, -0.2) is 9.97 Å². The van der Waals surface area contributed by atoms with Gasteiger partial charge in [0, 0.05) is 37.2 Å². The second-order valence-electron chi connectivity index (χ2n) is 9.49. The second-order valence-corrected chi connectivity index (χ2v) is 9.49. The summed E-state index contributed by atoms with van der Waals surface area (Å²) in [5.41, 5.74) is 6.16. The molecule has 0 N–H and O–H groups in total. The first kappa shape index (κ1) is 25.8. The number of nitrogens with zero attached hydrogens (tertiary/aromatic N) is 8. The number of hydrogen-bond acceptors (Lipinski definition) is 6. The molecule has 0 amide bonds. The fraction of sp³-hybridized carbons (Fsp3) is 0.0909. The van der Waals surface area contributed by atoms with Crippen molar-refractivity contribution in [2.45, 2.75) is 19.5 Å². The van der Waals surface area contributed by atoms with Crippen molar-refractivity contribution < 1.29 is 0 Å². The zero-order valence-electron chi connectivity index (χ0n) is 22.4. The van der Waals surface area contributed by atoms with Gasteiger partial charge in [-0.1, -0.05) is 36.4 Å². The minimum Gasteiger partial charge on any atom is -0.324 e. The highest BCUT2D eigenvalue weighted by Gasteiger charge is 2.04. The first-order chi connectivity index (χ1) is 20.3. The summed E-state index contributed by atoms with van der Waals surface area (Å²) in [6.07, 6.45) is 15.5. The zero-order chi connectivity index (χ0) is 27.7. The van der Waals surface area contributed by atoms with Crippen LogP contribution in [0.4, 0.5) is 11.4 Å². The molecule has 4 aromatic heterocycles. The van der Waals surface area contributed by atoms with Gasteiger partial charge < -0.3 is 9.13 Å². The van der Waals surface area contributed by atoms with Crippen molar-refractivity contribution in [3.05, 3.63) is 156 Å².